The molecule has 6 nitrogen and oxygen atoms in total. The van der Waals surface area contributed by atoms with Gasteiger partial charge in [0.05, 0.1) is 11.7 Å². The van der Waals surface area contributed by atoms with Crippen LogP contribution in [-0.2, 0) is 4.79 Å². The monoisotopic (exact) mass is 299 g/mol. The van der Waals surface area contributed by atoms with Crippen LogP contribution in [0.1, 0.15) is 25.0 Å². The lowest BCUT2D eigenvalue weighted by molar-refractivity contribution is -0.126. The minimum atomic E-state index is 0.00832. The van der Waals surface area contributed by atoms with Gasteiger partial charge in [-0.1, -0.05) is 0 Å². The smallest absolute Gasteiger partial charge is 0.237 e. The van der Waals surface area contributed by atoms with Crippen LogP contribution < -0.4 is 10.2 Å². The normalized spacial score (nSPS) is 23.5. The molecule has 6 heteroatoms. The third-order valence-electron chi connectivity index (χ3n) is 4.49. The molecule has 0 saturated carbocycles. The Hall–Kier alpha value is -2.13. The summed E-state index contributed by atoms with van der Waals surface area (Å²) in [5, 5.41) is 12.2. The third kappa shape index (κ3) is 3.04. The van der Waals surface area contributed by atoms with Gasteiger partial charge in [0.1, 0.15) is 6.07 Å². The van der Waals surface area contributed by atoms with E-state index in [0.29, 0.717) is 5.69 Å². The standard InChI is InChI=1S/C16H21N5O/c17-12-13-14(5-3-7-18-13)20-8-10-21(11-9-20)15-4-1-2-6-19-16(15)22/h3,5,7,15H,1-2,4,6,8-11H2,(H,19,22). The predicted molar refractivity (Wildman–Crippen MR) is 83.4 cm³/mol. The zero-order chi connectivity index (χ0) is 15.4. The van der Waals surface area contributed by atoms with Gasteiger partial charge in [-0.15, -0.1) is 0 Å². The van der Waals surface area contributed by atoms with E-state index >= 15 is 0 Å². The van der Waals surface area contributed by atoms with Crippen LogP contribution in [0.2, 0.25) is 0 Å². The molecule has 1 unspecified atom stereocenters. The van der Waals surface area contributed by atoms with E-state index in [-0.39, 0.29) is 11.9 Å². The van der Waals surface area contributed by atoms with Gasteiger partial charge in [-0.05, 0) is 31.4 Å². The molecule has 1 atom stereocenters. The number of amides is 1. The molecular formula is C16H21N5O. The van der Waals surface area contributed by atoms with Gasteiger partial charge in [-0.2, -0.15) is 5.26 Å². The Kier molecular flexibility index (Phi) is 4.54. The number of hydrogen-bond donors (Lipinski definition) is 1. The highest BCUT2D eigenvalue weighted by Crippen LogP contribution is 2.21. The highest BCUT2D eigenvalue weighted by Gasteiger charge is 2.30. The fourth-order valence-electron chi connectivity index (χ4n) is 3.28. The van der Waals surface area contributed by atoms with Crippen molar-refractivity contribution in [1.82, 2.24) is 15.2 Å². The lowest BCUT2D eigenvalue weighted by atomic mass is 10.1. The number of aromatic nitrogens is 1. The first-order chi connectivity index (χ1) is 10.8. The van der Waals surface area contributed by atoms with E-state index in [1.807, 2.05) is 12.1 Å². The van der Waals surface area contributed by atoms with Crippen molar-refractivity contribution in [3.8, 4) is 6.07 Å². The average Bonchev–Trinajstić information content (AvgIpc) is 2.79. The Morgan fingerprint density at radius 1 is 1.27 bits per heavy atom. The first kappa shape index (κ1) is 14.8. The van der Waals surface area contributed by atoms with E-state index < -0.39 is 0 Å². The Morgan fingerprint density at radius 3 is 2.86 bits per heavy atom. The second-order valence-corrected chi connectivity index (χ2v) is 5.81. The lowest BCUT2D eigenvalue weighted by Gasteiger charge is -2.39. The maximum Gasteiger partial charge on any atom is 0.237 e. The van der Waals surface area contributed by atoms with E-state index in [1.54, 1.807) is 6.20 Å². The average molecular weight is 299 g/mol. The molecule has 0 aliphatic carbocycles. The van der Waals surface area contributed by atoms with Crippen LogP contribution in [0.25, 0.3) is 0 Å². The van der Waals surface area contributed by atoms with Crippen molar-refractivity contribution in [2.45, 2.75) is 25.3 Å². The number of nitriles is 1. The third-order valence-corrected chi connectivity index (χ3v) is 4.49. The van der Waals surface area contributed by atoms with Crippen molar-refractivity contribution in [2.75, 3.05) is 37.6 Å². The molecule has 0 radical (unpaired) electrons. The van der Waals surface area contributed by atoms with Gasteiger partial charge in [0, 0.05) is 38.9 Å². The second kappa shape index (κ2) is 6.75. The maximum absolute atomic E-state index is 12.1. The summed E-state index contributed by atoms with van der Waals surface area (Å²) in [5.74, 6) is 0.171. The minimum Gasteiger partial charge on any atom is -0.367 e. The molecule has 1 aromatic heterocycles. The minimum absolute atomic E-state index is 0.00832. The summed E-state index contributed by atoms with van der Waals surface area (Å²) in [6.45, 7) is 4.14. The van der Waals surface area contributed by atoms with E-state index in [9.17, 15) is 4.79 Å². The number of carbonyl (C=O) groups excluding carboxylic acids is 1. The van der Waals surface area contributed by atoms with Crippen LogP contribution in [0, 0.1) is 11.3 Å². The zero-order valence-corrected chi connectivity index (χ0v) is 12.7. The van der Waals surface area contributed by atoms with Crippen LogP contribution >= 0.6 is 0 Å². The molecule has 0 aromatic carbocycles. The van der Waals surface area contributed by atoms with Crippen molar-refractivity contribution in [2.24, 2.45) is 0 Å². The van der Waals surface area contributed by atoms with E-state index in [0.717, 1.165) is 57.7 Å². The largest absolute Gasteiger partial charge is 0.367 e. The molecular weight excluding hydrogens is 278 g/mol. The van der Waals surface area contributed by atoms with Crippen molar-refractivity contribution in [1.29, 1.82) is 5.26 Å². The molecule has 1 aromatic rings. The van der Waals surface area contributed by atoms with Crippen LogP contribution in [0.3, 0.4) is 0 Å². The molecule has 22 heavy (non-hydrogen) atoms. The number of pyridine rings is 1. The van der Waals surface area contributed by atoms with E-state index in [4.69, 9.17) is 5.26 Å². The number of nitrogens with one attached hydrogen (secondary N) is 1. The number of nitrogens with zero attached hydrogens (tertiary/aromatic N) is 4. The van der Waals surface area contributed by atoms with Gasteiger partial charge in [0.25, 0.3) is 0 Å². The maximum atomic E-state index is 12.1. The number of piperazine rings is 1. The van der Waals surface area contributed by atoms with E-state index in [2.05, 4.69) is 26.2 Å². The molecule has 1 N–H and O–H groups in total. The Labute approximate surface area is 130 Å². The zero-order valence-electron chi connectivity index (χ0n) is 12.7. The number of carbonyl (C=O) groups is 1. The highest BCUT2D eigenvalue weighted by atomic mass is 16.2. The Morgan fingerprint density at radius 2 is 2.09 bits per heavy atom. The molecule has 2 saturated heterocycles. The molecule has 1 amide bonds. The van der Waals surface area contributed by atoms with Crippen LogP contribution in [0.4, 0.5) is 5.69 Å². The van der Waals surface area contributed by atoms with Crippen molar-refractivity contribution >= 4 is 11.6 Å². The van der Waals surface area contributed by atoms with Gasteiger partial charge in [-0.3, -0.25) is 9.69 Å². The summed E-state index contributed by atoms with van der Waals surface area (Å²) < 4.78 is 0. The number of hydrogen-bond acceptors (Lipinski definition) is 5. The summed E-state index contributed by atoms with van der Waals surface area (Å²) in [6, 6.07) is 5.97. The molecule has 0 spiro atoms. The van der Waals surface area contributed by atoms with Gasteiger partial charge in [-0.25, -0.2) is 4.98 Å². The van der Waals surface area contributed by atoms with Gasteiger partial charge in [0.15, 0.2) is 5.69 Å². The fourth-order valence-corrected chi connectivity index (χ4v) is 3.28. The summed E-state index contributed by atoms with van der Waals surface area (Å²) in [7, 11) is 0. The summed E-state index contributed by atoms with van der Waals surface area (Å²) in [5.41, 5.74) is 1.37. The first-order valence-corrected chi connectivity index (χ1v) is 7.91. The second-order valence-electron chi connectivity index (χ2n) is 5.81. The van der Waals surface area contributed by atoms with Crippen molar-refractivity contribution < 1.29 is 4.79 Å². The van der Waals surface area contributed by atoms with E-state index in [1.165, 1.54) is 0 Å². The molecule has 2 aliphatic rings. The molecule has 2 fully saturated rings. The molecule has 3 rings (SSSR count). The van der Waals surface area contributed by atoms with Gasteiger partial charge < -0.3 is 10.2 Å². The molecule has 0 bridgehead atoms. The number of rotatable bonds is 2. The SMILES string of the molecule is N#Cc1ncccc1N1CCN(C2CCCCNC2=O)CC1. The molecule has 2 aliphatic heterocycles. The lowest BCUT2D eigenvalue weighted by Crippen LogP contribution is -2.54. The summed E-state index contributed by atoms with van der Waals surface area (Å²) >= 11 is 0. The van der Waals surface area contributed by atoms with Gasteiger partial charge in [0.2, 0.25) is 5.91 Å². The van der Waals surface area contributed by atoms with Crippen LogP contribution in [0.15, 0.2) is 18.3 Å². The molecule has 3 heterocycles. The first-order valence-electron chi connectivity index (χ1n) is 7.91. The Balaban J connectivity index is 1.65. The van der Waals surface area contributed by atoms with Crippen LogP contribution in [-0.4, -0.2) is 54.6 Å². The highest BCUT2D eigenvalue weighted by molar-refractivity contribution is 5.82. The molecule has 116 valence electrons. The Bertz CT molecular complexity index is 574. The topological polar surface area (TPSA) is 72.3 Å². The predicted octanol–water partition coefficient (Wildman–Crippen LogP) is 0.744. The summed E-state index contributed by atoms with van der Waals surface area (Å²) in [6.07, 6.45) is 4.77. The van der Waals surface area contributed by atoms with Crippen molar-refractivity contribution in [3.05, 3.63) is 24.0 Å². The van der Waals surface area contributed by atoms with Gasteiger partial charge >= 0.3 is 0 Å². The fraction of sp³-hybridized carbons (Fsp3) is 0.562. The van der Waals surface area contributed by atoms with Crippen LogP contribution in [0.5, 0.6) is 0 Å². The van der Waals surface area contributed by atoms with Crippen molar-refractivity contribution in [3.63, 3.8) is 0 Å². The number of anilines is 1. The quantitative estimate of drug-likeness (QED) is 0.872. The summed E-state index contributed by atoms with van der Waals surface area (Å²) in [4.78, 5) is 20.7.